The number of fused-ring (bicyclic) bond motifs is 2. The lowest BCUT2D eigenvalue weighted by Crippen LogP contribution is -2.44. The molecule has 2 saturated heterocycles. The number of rotatable bonds is 1. The van der Waals surface area contributed by atoms with Gasteiger partial charge in [-0.3, -0.25) is 14.3 Å². The summed E-state index contributed by atoms with van der Waals surface area (Å²) < 4.78 is 2.63. The van der Waals surface area contributed by atoms with Crippen LogP contribution in [-0.2, 0) is 4.79 Å². The predicted octanol–water partition coefficient (Wildman–Crippen LogP) is 0.717. The Morgan fingerprint density at radius 3 is 2.86 bits per heavy atom. The van der Waals surface area contributed by atoms with Crippen LogP contribution >= 0.6 is 11.9 Å². The Morgan fingerprint density at radius 2 is 2.05 bits per heavy atom. The van der Waals surface area contributed by atoms with Gasteiger partial charge < -0.3 is 10.2 Å². The van der Waals surface area contributed by atoms with E-state index in [0.29, 0.717) is 16.3 Å². The van der Waals surface area contributed by atoms with Gasteiger partial charge in [0.1, 0.15) is 5.04 Å². The molecular weight excluding hydrogens is 288 g/mol. The van der Waals surface area contributed by atoms with Crippen molar-refractivity contribution in [1.82, 2.24) is 10.0 Å². The highest BCUT2D eigenvalue weighted by Gasteiger charge is 2.43. The molecule has 1 unspecified atom stereocenters. The Kier molecular flexibility index (Phi) is 2.97. The van der Waals surface area contributed by atoms with Gasteiger partial charge in [-0.15, -0.1) is 0 Å². The van der Waals surface area contributed by atoms with Crippen molar-refractivity contribution in [3.8, 4) is 0 Å². The first-order chi connectivity index (χ1) is 10.3. The number of nitrogens with zero attached hydrogens (tertiary/aromatic N) is 2. The summed E-state index contributed by atoms with van der Waals surface area (Å²) in [6, 6.07) is 5.71. The summed E-state index contributed by atoms with van der Waals surface area (Å²) in [6.07, 6.45) is 0. The van der Waals surface area contributed by atoms with Gasteiger partial charge in [-0.05, 0) is 12.1 Å². The first-order valence-electron chi connectivity index (χ1n) is 6.94. The molecule has 0 aromatic heterocycles. The predicted molar refractivity (Wildman–Crippen MR) is 82.2 cm³/mol. The topological polar surface area (TPSA) is 73.8 Å². The summed E-state index contributed by atoms with van der Waals surface area (Å²) in [5.41, 5.74) is 2.16. The van der Waals surface area contributed by atoms with Crippen LogP contribution in [0.25, 0.3) is 0 Å². The van der Waals surface area contributed by atoms with E-state index in [1.807, 2.05) is 18.2 Å². The van der Waals surface area contributed by atoms with Crippen LogP contribution in [0.15, 0.2) is 23.2 Å². The number of carbonyl (C=O) groups is 2. The van der Waals surface area contributed by atoms with Crippen LogP contribution in [0.1, 0.15) is 10.4 Å². The van der Waals surface area contributed by atoms with E-state index >= 15 is 0 Å². The summed E-state index contributed by atoms with van der Waals surface area (Å²) in [5, 5.41) is 3.86. The van der Waals surface area contributed by atoms with Gasteiger partial charge >= 0.3 is 0 Å². The molecule has 2 N–H and O–H groups in total. The third-order valence-electron chi connectivity index (χ3n) is 3.98. The molecule has 0 aliphatic carbocycles. The minimum absolute atomic E-state index is 0.133. The molecule has 1 atom stereocenters. The standard InChI is InChI=1S/C14H14N4O2S/c19-12-10-8(16-14-11(12)13(20)17-21-14)2-1-3-9(10)18-6-4-15-5-7-18/h1-3,11,15H,4-7H2,(H,17,20). The highest BCUT2D eigenvalue weighted by atomic mass is 32.2. The van der Waals surface area contributed by atoms with Crippen LogP contribution in [0.4, 0.5) is 11.4 Å². The number of ketones is 1. The minimum atomic E-state index is -0.758. The maximum atomic E-state index is 12.8. The van der Waals surface area contributed by atoms with Crippen molar-refractivity contribution in [2.75, 3.05) is 31.1 Å². The first kappa shape index (κ1) is 12.8. The second-order valence-corrected chi connectivity index (χ2v) is 6.05. The Bertz CT molecular complexity index is 667. The smallest absolute Gasteiger partial charge is 0.247 e. The van der Waals surface area contributed by atoms with E-state index in [1.165, 1.54) is 0 Å². The van der Waals surface area contributed by atoms with Gasteiger partial charge in [0, 0.05) is 43.8 Å². The molecule has 0 bridgehead atoms. The van der Waals surface area contributed by atoms with E-state index in [-0.39, 0.29) is 11.7 Å². The van der Waals surface area contributed by atoms with Crippen LogP contribution < -0.4 is 14.9 Å². The maximum absolute atomic E-state index is 12.8. The maximum Gasteiger partial charge on any atom is 0.247 e. The van der Waals surface area contributed by atoms with E-state index in [1.54, 1.807) is 0 Å². The zero-order chi connectivity index (χ0) is 14.4. The van der Waals surface area contributed by atoms with Gasteiger partial charge in [0.25, 0.3) is 0 Å². The molecule has 3 heterocycles. The summed E-state index contributed by atoms with van der Waals surface area (Å²) in [5.74, 6) is -1.15. The molecule has 1 amide bonds. The number of hydrogen-bond donors (Lipinski definition) is 2. The fourth-order valence-corrected chi connectivity index (χ4v) is 3.76. The zero-order valence-corrected chi connectivity index (χ0v) is 12.1. The molecule has 1 aromatic rings. The van der Waals surface area contributed by atoms with Gasteiger partial charge in [-0.1, -0.05) is 6.07 Å². The molecule has 7 heteroatoms. The monoisotopic (exact) mass is 302 g/mol. The fraction of sp³-hybridized carbons (Fsp3) is 0.357. The highest BCUT2D eigenvalue weighted by Crippen LogP contribution is 2.39. The molecule has 0 radical (unpaired) electrons. The zero-order valence-electron chi connectivity index (χ0n) is 11.3. The Labute approximate surface area is 126 Å². The lowest BCUT2D eigenvalue weighted by atomic mass is 9.92. The third kappa shape index (κ3) is 1.96. The molecular formula is C14H14N4O2S. The Morgan fingerprint density at radius 1 is 1.24 bits per heavy atom. The molecule has 108 valence electrons. The van der Waals surface area contributed by atoms with E-state index in [2.05, 4.69) is 19.9 Å². The second kappa shape index (κ2) is 4.85. The number of aliphatic imine (C=N–C) groups is 1. The molecule has 4 rings (SSSR count). The van der Waals surface area contributed by atoms with Gasteiger partial charge in [0.15, 0.2) is 11.7 Å². The number of carbonyl (C=O) groups excluding carboxylic acids is 2. The lowest BCUT2D eigenvalue weighted by Gasteiger charge is -2.32. The molecule has 21 heavy (non-hydrogen) atoms. The highest BCUT2D eigenvalue weighted by molar-refractivity contribution is 8.13. The van der Waals surface area contributed by atoms with Crippen molar-refractivity contribution < 1.29 is 9.59 Å². The Hall–Kier alpha value is -1.86. The van der Waals surface area contributed by atoms with E-state index in [4.69, 9.17) is 0 Å². The van der Waals surface area contributed by atoms with Crippen LogP contribution in [-0.4, -0.2) is 42.9 Å². The first-order valence-corrected chi connectivity index (χ1v) is 7.75. The van der Waals surface area contributed by atoms with Crippen molar-refractivity contribution in [1.29, 1.82) is 0 Å². The van der Waals surface area contributed by atoms with E-state index < -0.39 is 5.92 Å². The van der Waals surface area contributed by atoms with E-state index in [0.717, 1.165) is 43.8 Å². The van der Waals surface area contributed by atoms with Crippen molar-refractivity contribution in [2.24, 2.45) is 10.9 Å². The average Bonchev–Trinajstić information content (AvgIpc) is 2.89. The van der Waals surface area contributed by atoms with Crippen molar-refractivity contribution >= 4 is 40.1 Å². The summed E-state index contributed by atoms with van der Waals surface area (Å²) in [4.78, 5) is 31.3. The van der Waals surface area contributed by atoms with E-state index in [9.17, 15) is 9.59 Å². The van der Waals surface area contributed by atoms with Crippen LogP contribution in [0.5, 0.6) is 0 Å². The SMILES string of the molecule is O=C1NSC2=Nc3cccc(N4CCNCC4)c3C(=O)C12. The minimum Gasteiger partial charge on any atom is -0.368 e. The summed E-state index contributed by atoms with van der Waals surface area (Å²) in [7, 11) is 0. The number of nitrogens with one attached hydrogen (secondary N) is 2. The molecule has 1 aromatic carbocycles. The van der Waals surface area contributed by atoms with Crippen molar-refractivity contribution in [3.63, 3.8) is 0 Å². The number of piperazine rings is 1. The largest absolute Gasteiger partial charge is 0.368 e. The van der Waals surface area contributed by atoms with Gasteiger partial charge in [0.2, 0.25) is 5.91 Å². The lowest BCUT2D eigenvalue weighted by molar-refractivity contribution is -0.119. The fourth-order valence-electron chi connectivity index (χ4n) is 2.96. The molecule has 2 fully saturated rings. The second-order valence-electron chi connectivity index (χ2n) is 5.22. The summed E-state index contributed by atoms with van der Waals surface area (Å²) >= 11 is 1.15. The number of amides is 1. The normalized spacial score (nSPS) is 24.3. The van der Waals surface area contributed by atoms with Gasteiger partial charge in [0.05, 0.1) is 11.3 Å². The molecule has 3 aliphatic heterocycles. The van der Waals surface area contributed by atoms with Crippen LogP contribution in [0, 0.1) is 5.92 Å². The number of Topliss-reactive ketones (excluding diaryl/α,β-unsaturated/α-hetero) is 1. The van der Waals surface area contributed by atoms with Crippen molar-refractivity contribution in [2.45, 2.75) is 0 Å². The average molecular weight is 302 g/mol. The Balaban J connectivity index is 1.82. The molecule has 3 aliphatic rings. The third-order valence-corrected chi connectivity index (χ3v) is 4.82. The molecule has 0 saturated carbocycles. The number of benzene rings is 1. The quantitative estimate of drug-likeness (QED) is 0.590. The van der Waals surface area contributed by atoms with Gasteiger partial charge in [-0.2, -0.15) is 0 Å². The van der Waals surface area contributed by atoms with Crippen LogP contribution in [0.2, 0.25) is 0 Å². The van der Waals surface area contributed by atoms with Crippen LogP contribution in [0.3, 0.4) is 0 Å². The molecule has 6 nitrogen and oxygen atoms in total. The number of hydrogen-bond acceptors (Lipinski definition) is 6. The van der Waals surface area contributed by atoms with Crippen molar-refractivity contribution in [3.05, 3.63) is 23.8 Å². The van der Waals surface area contributed by atoms with Gasteiger partial charge in [-0.25, -0.2) is 4.99 Å². The summed E-state index contributed by atoms with van der Waals surface area (Å²) in [6.45, 7) is 3.50. The molecule has 0 spiro atoms. The number of anilines is 1.